The van der Waals surface area contributed by atoms with Crippen LogP contribution < -0.4 is 5.30 Å². The molecule has 1 aliphatic carbocycles. The predicted octanol–water partition coefficient (Wildman–Crippen LogP) is 4.75. The van der Waals surface area contributed by atoms with E-state index < -0.39 is 7.60 Å². The van der Waals surface area contributed by atoms with Gasteiger partial charge in [-0.15, -0.1) is 0 Å². The van der Waals surface area contributed by atoms with E-state index in [0.29, 0.717) is 5.30 Å². The van der Waals surface area contributed by atoms with Gasteiger partial charge in [0.15, 0.2) is 0 Å². The molecule has 0 bridgehead atoms. The Kier molecular flexibility index (Phi) is 6.67. The summed E-state index contributed by atoms with van der Waals surface area (Å²) in [7, 11) is -3.73. The van der Waals surface area contributed by atoms with Crippen LogP contribution in [0.5, 0.6) is 0 Å². The van der Waals surface area contributed by atoms with E-state index in [1.165, 1.54) is 12.0 Å². The first-order valence-corrected chi connectivity index (χ1v) is 10.3. The van der Waals surface area contributed by atoms with Crippen LogP contribution in [-0.4, -0.2) is 11.0 Å². The molecular weight excluding hydrogens is 295 g/mol. The second kappa shape index (κ2) is 8.29. The van der Waals surface area contributed by atoms with Crippen molar-refractivity contribution in [1.82, 2.24) is 0 Å². The summed E-state index contributed by atoms with van der Waals surface area (Å²) < 4.78 is 18.6. The van der Waals surface area contributed by atoms with E-state index in [1.54, 1.807) is 6.07 Å². The van der Waals surface area contributed by atoms with Crippen molar-refractivity contribution in [3.05, 3.63) is 29.3 Å². The van der Waals surface area contributed by atoms with Crippen LogP contribution in [0.2, 0.25) is 0 Å². The standard InChI is InChI=1S/C18H29O3P/c1-3-9-15-11-8-14-18(17(15)10-4-2)22(19,20)21-16-12-6-5-7-13-16/h8,11,14,16H,3-7,9-10,12-13H2,1-2H3,(H,19,20). The number of aryl methyl sites for hydroxylation is 1. The lowest BCUT2D eigenvalue weighted by Crippen LogP contribution is -2.21. The molecule has 1 N–H and O–H groups in total. The Morgan fingerprint density at radius 1 is 1.14 bits per heavy atom. The maximum atomic E-state index is 12.9. The topological polar surface area (TPSA) is 46.5 Å². The van der Waals surface area contributed by atoms with Gasteiger partial charge in [-0.05, 0) is 42.9 Å². The maximum absolute atomic E-state index is 12.9. The first-order valence-electron chi connectivity index (χ1n) is 8.71. The summed E-state index contributed by atoms with van der Waals surface area (Å²) in [6, 6.07) is 5.76. The van der Waals surface area contributed by atoms with Crippen molar-refractivity contribution in [2.45, 2.75) is 77.7 Å². The average molecular weight is 324 g/mol. The summed E-state index contributed by atoms with van der Waals surface area (Å²) >= 11 is 0. The van der Waals surface area contributed by atoms with E-state index in [4.69, 9.17) is 4.52 Å². The van der Waals surface area contributed by atoms with E-state index in [-0.39, 0.29) is 6.10 Å². The minimum Gasteiger partial charge on any atom is -0.321 e. The molecule has 1 fully saturated rings. The summed E-state index contributed by atoms with van der Waals surface area (Å²) in [6.07, 6.45) is 8.96. The third kappa shape index (κ3) is 4.44. The summed E-state index contributed by atoms with van der Waals surface area (Å²) in [5, 5.41) is 0.533. The molecule has 124 valence electrons. The molecule has 4 heteroatoms. The van der Waals surface area contributed by atoms with Gasteiger partial charge in [0.1, 0.15) is 0 Å². The van der Waals surface area contributed by atoms with Crippen molar-refractivity contribution >= 4 is 12.9 Å². The van der Waals surface area contributed by atoms with E-state index in [9.17, 15) is 9.46 Å². The SMILES string of the molecule is CCCc1cccc(P(=O)(O)OC2CCCCC2)c1CCC. The molecule has 2 rings (SSSR count). The monoisotopic (exact) mass is 324 g/mol. The molecule has 1 aromatic rings. The first-order chi connectivity index (χ1) is 10.6. The van der Waals surface area contributed by atoms with Crippen molar-refractivity contribution in [2.75, 3.05) is 0 Å². The molecule has 0 heterocycles. The molecule has 1 unspecified atom stereocenters. The summed E-state index contributed by atoms with van der Waals surface area (Å²) in [5.41, 5.74) is 2.23. The lowest BCUT2D eigenvalue weighted by Gasteiger charge is -2.26. The van der Waals surface area contributed by atoms with Crippen LogP contribution in [-0.2, 0) is 21.9 Å². The molecule has 1 atom stereocenters. The number of hydrogen-bond donors (Lipinski definition) is 1. The molecule has 0 aromatic heterocycles. The summed E-state index contributed by atoms with van der Waals surface area (Å²) in [5.74, 6) is 0. The third-order valence-electron chi connectivity index (χ3n) is 4.42. The van der Waals surface area contributed by atoms with Crippen LogP contribution in [0.1, 0.15) is 69.9 Å². The lowest BCUT2D eigenvalue weighted by atomic mass is 9.98. The van der Waals surface area contributed by atoms with Gasteiger partial charge >= 0.3 is 7.60 Å². The normalized spacial score (nSPS) is 19.0. The fourth-order valence-electron chi connectivity index (χ4n) is 3.36. The first kappa shape index (κ1) is 17.7. The van der Waals surface area contributed by atoms with Crippen LogP contribution >= 0.6 is 7.60 Å². The van der Waals surface area contributed by atoms with E-state index in [1.807, 2.05) is 6.07 Å². The average Bonchev–Trinajstić information content (AvgIpc) is 2.50. The minimum atomic E-state index is -3.73. The van der Waals surface area contributed by atoms with E-state index >= 15 is 0 Å². The van der Waals surface area contributed by atoms with Crippen molar-refractivity contribution in [2.24, 2.45) is 0 Å². The molecule has 0 amide bonds. The van der Waals surface area contributed by atoms with Crippen LogP contribution in [0.15, 0.2) is 18.2 Å². The van der Waals surface area contributed by atoms with Crippen LogP contribution in [0.4, 0.5) is 0 Å². The Morgan fingerprint density at radius 3 is 2.45 bits per heavy atom. The van der Waals surface area contributed by atoms with Gasteiger partial charge < -0.3 is 9.42 Å². The Labute approximate surface area is 134 Å². The number of benzene rings is 1. The van der Waals surface area contributed by atoms with Gasteiger partial charge in [0.2, 0.25) is 0 Å². The third-order valence-corrected chi connectivity index (χ3v) is 6.03. The number of hydrogen-bond acceptors (Lipinski definition) is 2. The largest absolute Gasteiger partial charge is 0.359 e. The van der Waals surface area contributed by atoms with Crippen molar-refractivity contribution in [3.8, 4) is 0 Å². The molecule has 1 saturated carbocycles. The van der Waals surface area contributed by atoms with Gasteiger partial charge in [-0.3, -0.25) is 4.57 Å². The quantitative estimate of drug-likeness (QED) is 0.736. The van der Waals surface area contributed by atoms with Crippen molar-refractivity contribution < 1.29 is 14.0 Å². The highest BCUT2D eigenvalue weighted by Crippen LogP contribution is 2.46. The zero-order chi connectivity index (χ0) is 16.0. The Morgan fingerprint density at radius 2 is 1.82 bits per heavy atom. The predicted molar refractivity (Wildman–Crippen MR) is 91.8 cm³/mol. The maximum Gasteiger partial charge on any atom is 0.359 e. The summed E-state index contributed by atoms with van der Waals surface area (Å²) in [6.45, 7) is 4.25. The molecule has 1 aromatic carbocycles. The highest BCUT2D eigenvalue weighted by atomic mass is 31.2. The fraction of sp³-hybridized carbons (Fsp3) is 0.667. The second-order valence-corrected chi connectivity index (χ2v) is 8.03. The van der Waals surface area contributed by atoms with Crippen molar-refractivity contribution in [1.29, 1.82) is 0 Å². The Balaban J connectivity index is 2.27. The van der Waals surface area contributed by atoms with Gasteiger partial charge in [-0.1, -0.05) is 58.1 Å². The summed E-state index contributed by atoms with van der Waals surface area (Å²) in [4.78, 5) is 10.6. The van der Waals surface area contributed by atoms with Gasteiger partial charge in [-0.25, -0.2) is 0 Å². The molecule has 0 saturated heterocycles. The van der Waals surface area contributed by atoms with Gasteiger partial charge in [0.05, 0.1) is 11.4 Å². The number of rotatable bonds is 7. The molecule has 22 heavy (non-hydrogen) atoms. The minimum absolute atomic E-state index is 0.0612. The van der Waals surface area contributed by atoms with Gasteiger partial charge in [-0.2, -0.15) is 0 Å². The van der Waals surface area contributed by atoms with Gasteiger partial charge in [0.25, 0.3) is 0 Å². The van der Waals surface area contributed by atoms with E-state index in [2.05, 4.69) is 19.9 Å². The zero-order valence-electron chi connectivity index (χ0n) is 13.9. The second-order valence-electron chi connectivity index (χ2n) is 6.30. The van der Waals surface area contributed by atoms with Gasteiger partial charge in [0, 0.05) is 0 Å². The highest BCUT2D eigenvalue weighted by Gasteiger charge is 2.31. The highest BCUT2D eigenvalue weighted by molar-refractivity contribution is 7.61. The van der Waals surface area contributed by atoms with Crippen LogP contribution in [0, 0.1) is 0 Å². The molecular formula is C18H29O3P. The molecule has 0 spiro atoms. The smallest absolute Gasteiger partial charge is 0.321 e. The molecule has 3 nitrogen and oxygen atoms in total. The zero-order valence-corrected chi connectivity index (χ0v) is 14.8. The van der Waals surface area contributed by atoms with Crippen molar-refractivity contribution in [3.63, 3.8) is 0 Å². The molecule has 0 aliphatic heterocycles. The van der Waals surface area contributed by atoms with Crippen LogP contribution in [0.25, 0.3) is 0 Å². The molecule has 0 radical (unpaired) electrons. The van der Waals surface area contributed by atoms with Crippen LogP contribution in [0.3, 0.4) is 0 Å². The fourth-order valence-corrected chi connectivity index (χ4v) is 4.96. The van der Waals surface area contributed by atoms with E-state index in [0.717, 1.165) is 56.9 Å². The lowest BCUT2D eigenvalue weighted by molar-refractivity contribution is 0.140. The molecule has 1 aliphatic rings. The Hall–Kier alpha value is -0.630. The Bertz CT molecular complexity index is 521.